The van der Waals surface area contributed by atoms with Gasteiger partial charge in [0.05, 0.1) is 26.9 Å². The first kappa shape index (κ1) is 32.5. The minimum Gasteiger partial charge on any atom is -0.277 e. The van der Waals surface area contributed by atoms with Crippen molar-refractivity contribution in [2.24, 2.45) is 0 Å². The molecular weight excluding hydrogens is 723 g/mol. The van der Waals surface area contributed by atoms with Gasteiger partial charge in [0.25, 0.3) is 0 Å². The van der Waals surface area contributed by atoms with Gasteiger partial charge in [-0.1, -0.05) is 177 Å². The molecule has 0 atom stereocenters. The fourth-order valence-corrected chi connectivity index (χ4v) is 12.1. The Bertz CT molecular complexity index is 3480. The molecule has 0 amide bonds. The van der Waals surface area contributed by atoms with Gasteiger partial charge in [-0.15, -0.1) is 11.3 Å². The van der Waals surface area contributed by atoms with Crippen LogP contribution in [0.15, 0.2) is 164 Å². The Morgan fingerprint density at radius 2 is 1.17 bits per heavy atom. The molecule has 0 saturated heterocycles. The van der Waals surface area contributed by atoms with Crippen LogP contribution >= 0.6 is 11.3 Å². The predicted octanol–water partition coefficient (Wildman–Crippen LogP) is 14.8. The summed E-state index contributed by atoms with van der Waals surface area (Å²) < 4.78 is 4.85. The Morgan fingerprint density at radius 3 is 2.02 bits per heavy atom. The number of rotatable bonds is 3. The maximum absolute atomic E-state index is 5.77. The molecule has 3 aromatic heterocycles. The molecule has 0 bridgehead atoms. The van der Waals surface area contributed by atoms with Gasteiger partial charge in [-0.05, 0) is 68.4 Å². The second kappa shape index (κ2) is 12.2. The quantitative estimate of drug-likeness (QED) is 0.180. The van der Waals surface area contributed by atoms with Crippen LogP contribution in [-0.4, -0.2) is 14.5 Å². The van der Waals surface area contributed by atoms with Crippen molar-refractivity contribution in [3.63, 3.8) is 0 Å². The Balaban J connectivity index is 1.23. The zero-order chi connectivity index (χ0) is 38.0. The van der Waals surface area contributed by atoms with Gasteiger partial charge in [-0.3, -0.25) is 4.57 Å². The van der Waals surface area contributed by atoms with Crippen LogP contribution in [-0.2, 0) is 5.41 Å². The highest BCUT2D eigenvalue weighted by Gasteiger charge is 2.47. The molecule has 4 heteroatoms. The Morgan fingerprint density at radius 1 is 0.500 bits per heavy atom. The smallest absolute Gasteiger partial charge is 0.235 e. The fraction of sp³-hybridized carbons (Fsp3) is 0.111. The maximum Gasteiger partial charge on any atom is 0.235 e. The van der Waals surface area contributed by atoms with E-state index in [4.69, 9.17) is 9.97 Å². The van der Waals surface area contributed by atoms with Crippen molar-refractivity contribution in [1.29, 1.82) is 0 Å². The summed E-state index contributed by atoms with van der Waals surface area (Å²) in [6, 6.07) is 60.4. The minimum atomic E-state index is -0.0936. The molecule has 0 N–H and O–H groups in total. The molecule has 274 valence electrons. The van der Waals surface area contributed by atoms with E-state index in [-0.39, 0.29) is 5.41 Å². The number of fused-ring (bicyclic) bond motifs is 17. The van der Waals surface area contributed by atoms with E-state index in [0.29, 0.717) is 0 Å². The largest absolute Gasteiger partial charge is 0.277 e. The van der Waals surface area contributed by atoms with Crippen LogP contribution in [0.3, 0.4) is 0 Å². The number of benzene rings is 8. The molecule has 3 heterocycles. The summed E-state index contributed by atoms with van der Waals surface area (Å²) in [4.78, 5) is 11.5. The third-order valence-corrected chi connectivity index (χ3v) is 14.5. The van der Waals surface area contributed by atoms with Crippen LogP contribution in [0.1, 0.15) is 43.2 Å². The summed E-state index contributed by atoms with van der Waals surface area (Å²) in [6.07, 6.45) is 6.00. The first-order valence-electron chi connectivity index (χ1n) is 20.6. The molecule has 2 aliphatic carbocycles. The van der Waals surface area contributed by atoms with Gasteiger partial charge >= 0.3 is 0 Å². The van der Waals surface area contributed by atoms with E-state index >= 15 is 0 Å². The Labute approximate surface area is 339 Å². The zero-order valence-corrected chi connectivity index (χ0v) is 32.7. The highest BCUT2D eigenvalue weighted by molar-refractivity contribution is 7.26. The summed E-state index contributed by atoms with van der Waals surface area (Å²) in [5.74, 6) is 0.730. The van der Waals surface area contributed by atoms with Gasteiger partial charge in [0.2, 0.25) is 5.95 Å². The highest BCUT2D eigenvalue weighted by Crippen LogP contribution is 2.61. The normalized spacial score (nSPS) is 14.7. The lowest BCUT2D eigenvalue weighted by molar-refractivity contribution is 0.354. The number of nitrogens with zero attached hydrogens (tertiary/aromatic N) is 3. The summed E-state index contributed by atoms with van der Waals surface area (Å²) in [6.45, 7) is 0. The van der Waals surface area contributed by atoms with Crippen molar-refractivity contribution < 1.29 is 0 Å². The van der Waals surface area contributed by atoms with Gasteiger partial charge in [0.1, 0.15) is 0 Å². The lowest BCUT2D eigenvalue weighted by atomic mass is 9.67. The lowest BCUT2D eigenvalue weighted by Crippen LogP contribution is -2.28. The maximum atomic E-state index is 5.77. The molecule has 1 fully saturated rings. The Kier molecular flexibility index (Phi) is 6.82. The molecule has 3 nitrogen and oxygen atoms in total. The van der Waals surface area contributed by atoms with E-state index < -0.39 is 0 Å². The molecule has 8 aromatic carbocycles. The van der Waals surface area contributed by atoms with Crippen LogP contribution in [0, 0.1) is 0 Å². The predicted molar refractivity (Wildman–Crippen MR) is 244 cm³/mol. The van der Waals surface area contributed by atoms with Gasteiger partial charge in [0.15, 0.2) is 0 Å². The first-order chi connectivity index (χ1) is 28.8. The molecule has 0 unspecified atom stereocenters. The van der Waals surface area contributed by atoms with Crippen LogP contribution in [0.25, 0.3) is 103 Å². The van der Waals surface area contributed by atoms with E-state index in [9.17, 15) is 0 Å². The van der Waals surface area contributed by atoms with E-state index in [1.807, 2.05) is 0 Å². The van der Waals surface area contributed by atoms with Crippen molar-refractivity contribution in [2.75, 3.05) is 0 Å². The number of aromatic nitrogens is 3. The number of hydrogen-bond donors (Lipinski definition) is 0. The molecule has 11 aromatic rings. The van der Waals surface area contributed by atoms with Gasteiger partial charge in [0, 0.05) is 37.2 Å². The van der Waals surface area contributed by atoms with Crippen molar-refractivity contribution in [3.05, 3.63) is 175 Å². The van der Waals surface area contributed by atoms with Crippen LogP contribution in [0.2, 0.25) is 0 Å². The third-order valence-electron chi connectivity index (χ3n) is 13.4. The molecule has 2 aliphatic rings. The van der Waals surface area contributed by atoms with E-state index in [1.165, 1.54) is 106 Å². The highest BCUT2D eigenvalue weighted by atomic mass is 32.1. The van der Waals surface area contributed by atoms with Gasteiger partial charge in [-0.2, -0.15) is 0 Å². The standard InChI is InChI=1S/C54H37N3S/c1-3-15-33(16-4-1)34-25-27-36(28-26-34)48-52-49(41-22-10-12-24-44(41)58-52)56-53(55-48)57-50-37-18-6-5-17-35(37)29-30-42(50)46-39-20-8-7-19-38(39)45-40-21-9-11-23-43(40)54(47(45)51(46)57)31-13-2-14-32-54/h1,3-12,15-30H,2,13-14,31-32H2. The molecule has 0 aliphatic heterocycles. The Hall–Kier alpha value is -6.62. The van der Waals surface area contributed by atoms with Crippen molar-refractivity contribution in [2.45, 2.75) is 37.5 Å². The third kappa shape index (κ3) is 4.38. The van der Waals surface area contributed by atoms with E-state index in [1.54, 1.807) is 11.3 Å². The molecule has 1 spiro atoms. The molecule has 58 heavy (non-hydrogen) atoms. The molecular formula is C54H37N3S. The summed E-state index contributed by atoms with van der Waals surface area (Å²) in [7, 11) is 0. The van der Waals surface area contributed by atoms with Crippen molar-refractivity contribution >= 4 is 75.0 Å². The fourth-order valence-electron chi connectivity index (χ4n) is 10.9. The number of thiophene rings is 1. The monoisotopic (exact) mass is 759 g/mol. The minimum absolute atomic E-state index is 0.0936. The van der Waals surface area contributed by atoms with Crippen molar-refractivity contribution in [3.8, 4) is 39.5 Å². The van der Waals surface area contributed by atoms with Crippen LogP contribution < -0.4 is 0 Å². The summed E-state index contributed by atoms with van der Waals surface area (Å²) in [5, 5.41) is 8.79. The molecule has 0 radical (unpaired) electrons. The first-order valence-corrected chi connectivity index (χ1v) is 21.4. The van der Waals surface area contributed by atoms with Crippen molar-refractivity contribution in [1.82, 2.24) is 14.5 Å². The lowest BCUT2D eigenvalue weighted by Gasteiger charge is -2.36. The second-order valence-corrected chi connectivity index (χ2v) is 17.4. The average molecular weight is 760 g/mol. The van der Waals surface area contributed by atoms with Gasteiger partial charge < -0.3 is 0 Å². The van der Waals surface area contributed by atoms with Crippen LogP contribution in [0.5, 0.6) is 0 Å². The van der Waals surface area contributed by atoms with E-state index in [2.05, 4.69) is 168 Å². The summed E-state index contributed by atoms with van der Waals surface area (Å²) in [5.41, 5.74) is 13.6. The van der Waals surface area contributed by atoms with Gasteiger partial charge in [-0.25, -0.2) is 9.97 Å². The topological polar surface area (TPSA) is 30.7 Å². The summed E-state index contributed by atoms with van der Waals surface area (Å²) >= 11 is 1.80. The number of hydrogen-bond acceptors (Lipinski definition) is 3. The second-order valence-electron chi connectivity index (χ2n) is 16.3. The SMILES string of the molecule is c1ccc(-c2ccc(-c3nc(-n4c5c6c(c7ccccc7c5c5ccc7ccccc7c54)-c4ccccc4C64CCCCC4)nc4c3sc3ccccc34)cc2)cc1. The average Bonchev–Trinajstić information content (AvgIpc) is 3.94. The van der Waals surface area contributed by atoms with E-state index in [0.717, 1.165) is 40.3 Å². The molecule has 13 rings (SSSR count). The molecule has 1 saturated carbocycles. The zero-order valence-electron chi connectivity index (χ0n) is 31.9. The van der Waals surface area contributed by atoms with Crippen LogP contribution in [0.4, 0.5) is 0 Å².